The van der Waals surface area contributed by atoms with Gasteiger partial charge in [0.15, 0.2) is 11.5 Å². The molecule has 7 heteroatoms. The summed E-state index contributed by atoms with van der Waals surface area (Å²) in [6, 6.07) is 8.14. The quantitative estimate of drug-likeness (QED) is 0.813. The SMILES string of the molecule is COc1cc(C(=O)NNC(=O)c2ccc(C)nc2)ccc1OC(C)C. The van der Waals surface area contributed by atoms with Crippen molar-refractivity contribution in [3.8, 4) is 11.5 Å². The van der Waals surface area contributed by atoms with Crippen LogP contribution in [0.2, 0.25) is 0 Å². The highest BCUT2D eigenvalue weighted by Gasteiger charge is 2.13. The second-order valence-electron chi connectivity index (χ2n) is 5.63. The van der Waals surface area contributed by atoms with Gasteiger partial charge in [-0.3, -0.25) is 25.4 Å². The van der Waals surface area contributed by atoms with Gasteiger partial charge in [0.05, 0.1) is 18.8 Å². The Balaban J connectivity index is 2.02. The largest absolute Gasteiger partial charge is 0.493 e. The zero-order valence-corrected chi connectivity index (χ0v) is 14.6. The van der Waals surface area contributed by atoms with E-state index < -0.39 is 11.8 Å². The van der Waals surface area contributed by atoms with Gasteiger partial charge in [0.25, 0.3) is 11.8 Å². The number of hydrazine groups is 1. The van der Waals surface area contributed by atoms with Gasteiger partial charge in [0.2, 0.25) is 0 Å². The molecule has 132 valence electrons. The van der Waals surface area contributed by atoms with Gasteiger partial charge >= 0.3 is 0 Å². The van der Waals surface area contributed by atoms with Gasteiger partial charge in [-0.1, -0.05) is 0 Å². The molecule has 2 amide bonds. The van der Waals surface area contributed by atoms with Crippen LogP contribution >= 0.6 is 0 Å². The molecule has 1 heterocycles. The fourth-order valence-electron chi connectivity index (χ4n) is 2.02. The van der Waals surface area contributed by atoms with Crippen LogP contribution in [0.3, 0.4) is 0 Å². The van der Waals surface area contributed by atoms with Crippen LogP contribution in [0.4, 0.5) is 0 Å². The molecule has 2 N–H and O–H groups in total. The molecule has 7 nitrogen and oxygen atoms in total. The number of carbonyl (C=O) groups excluding carboxylic acids is 2. The highest BCUT2D eigenvalue weighted by molar-refractivity contribution is 5.99. The van der Waals surface area contributed by atoms with Crippen molar-refractivity contribution in [3.63, 3.8) is 0 Å². The molecule has 0 aliphatic heterocycles. The van der Waals surface area contributed by atoms with Crippen LogP contribution in [0.5, 0.6) is 11.5 Å². The molecule has 0 bridgehead atoms. The summed E-state index contributed by atoms with van der Waals surface area (Å²) in [5.41, 5.74) is 6.19. The molecule has 0 atom stereocenters. The molecule has 0 radical (unpaired) electrons. The number of ether oxygens (including phenoxy) is 2. The van der Waals surface area contributed by atoms with Crippen molar-refractivity contribution in [3.05, 3.63) is 53.3 Å². The third-order valence-corrected chi connectivity index (χ3v) is 3.25. The zero-order chi connectivity index (χ0) is 18.4. The van der Waals surface area contributed by atoms with Gasteiger partial charge in [-0.15, -0.1) is 0 Å². The van der Waals surface area contributed by atoms with E-state index in [1.54, 1.807) is 30.3 Å². The number of aromatic nitrogens is 1. The van der Waals surface area contributed by atoms with E-state index in [1.807, 2.05) is 20.8 Å². The van der Waals surface area contributed by atoms with E-state index in [0.29, 0.717) is 22.6 Å². The Bertz CT molecular complexity index is 757. The Morgan fingerprint density at radius 3 is 2.20 bits per heavy atom. The monoisotopic (exact) mass is 343 g/mol. The Kier molecular flexibility index (Phi) is 5.94. The van der Waals surface area contributed by atoms with Crippen molar-refractivity contribution < 1.29 is 19.1 Å². The molecule has 2 aromatic rings. The highest BCUT2D eigenvalue weighted by atomic mass is 16.5. The minimum Gasteiger partial charge on any atom is -0.493 e. The number of nitrogens with zero attached hydrogens (tertiary/aromatic N) is 1. The first-order valence-corrected chi connectivity index (χ1v) is 7.78. The first-order chi connectivity index (χ1) is 11.9. The summed E-state index contributed by atoms with van der Waals surface area (Å²) < 4.78 is 10.8. The second-order valence-corrected chi connectivity index (χ2v) is 5.63. The van der Waals surface area contributed by atoms with E-state index in [2.05, 4.69) is 15.8 Å². The lowest BCUT2D eigenvalue weighted by Gasteiger charge is -2.14. The van der Waals surface area contributed by atoms with Gasteiger partial charge in [-0.2, -0.15) is 0 Å². The molecule has 0 spiro atoms. The summed E-state index contributed by atoms with van der Waals surface area (Å²) in [6.07, 6.45) is 1.42. The number of aryl methyl sites for hydroxylation is 1. The molecule has 0 saturated heterocycles. The maximum Gasteiger partial charge on any atom is 0.271 e. The number of pyridine rings is 1. The van der Waals surface area contributed by atoms with Gasteiger partial charge in [0, 0.05) is 17.5 Å². The van der Waals surface area contributed by atoms with Crippen LogP contribution in [-0.2, 0) is 0 Å². The normalized spacial score (nSPS) is 10.3. The Hall–Kier alpha value is -3.09. The highest BCUT2D eigenvalue weighted by Crippen LogP contribution is 2.28. The summed E-state index contributed by atoms with van der Waals surface area (Å²) >= 11 is 0. The van der Waals surface area contributed by atoms with Crippen molar-refractivity contribution in [2.75, 3.05) is 7.11 Å². The topological polar surface area (TPSA) is 89.6 Å². The predicted molar refractivity (Wildman–Crippen MR) is 92.7 cm³/mol. The molecule has 2 rings (SSSR count). The van der Waals surface area contributed by atoms with Crippen LogP contribution in [0.1, 0.15) is 40.3 Å². The number of amides is 2. The van der Waals surface area contributed by atoms with E-state index in [-0.39, 0.29) is 6.10 Å². The minimum atomic E-state index is -0.470. The van der Waals surface area contributed by atoms with Crippen LogP contribution in [0.15, 0.2) is 36.5 Å². The maximum absolute atomic E-state index is 12.2. The zero-order valence-electron chi connectivity index (χ0n) is 14.6. The van der Waals surface area contributed by atoms with E-state index in [0.717, 1.165) is 5.69 Å². The first-order valence-electron chi connectivity index (χ1n) is 7.78. The van der Waals surface area contributed by atoms with Gasteiger partial charge < -0.3 is 9.47 Å². The molecule has 1 aromatic heterocycles. The lowest BCUT2D eigenvalue weighted by molar-refractivity contribution is 0.0846. The number of rotatable bonds is 5. The average Bonchev–Trinajstić information content (AvgIpc) is 2.59. The maximum atomic E-state index is 12.2. The van der Waals surface area contributed by atoms with Crippen molar-refractivity contribution in [2.45, 2.75) is 26.9 Å². The molecule has 0 unspecified atom stereocenters. The molecule has 0 aliphatic rings. The standard InChI is InChI=1S/C18H21N3O4/c1-11(2)25-15-8-7-13(9-16(15)24-4)17(22)20-21-18(23)14-6-5-12(3)19-10-14/h5-11H,1-4H3,(H,20,22)(H,21,23). The third-order valence-electron chi connectivity index (χ3n) is 3.25. The Morgan fingerprint density at radius 2 is 1.64 bits per heavy atom. The summed E-state index contributed by atoms with van der Waals surface area (Å²) in [5, 5.41) is 0. The number of benzene rings is 1. The number of hydrogen-bond donors (Lipinski definition) is 2. The smallest absolute Gasteiger partial charge is 0.271 e. The summed E-state index contributed by atoms with van der Waals surface area (Å²) in [4.78, 5) is 28.2. The molecular weight excluding hydrogens is 322 g/mol. The van der Waals surface area contributed by atoms with E-state index >= 15 is 0 Å². The number of carbonyl (C=O) groups is 2. The summed E-state index contributed by atoms with van der Waals surface area (Å²) in [5.74, 6) is 0.0645. The summed E-state index contributed by atoms with van der Waals surface area (Å²) in [7, 11) is 1.50. The molecule has 0 saturated carbocycles. The average molecular weight is 343 g/mol. The lowest BCUT2D eigenvalue weighted by Crippen LogP contribution is -2.41. The number of nitrogens with one attached hydrogen (secondary N) is 2. The van der Waals surface area contributed by atoms with E-state index in [1.165, 1.54) is 13.3 Å². The van der Waals surface area contributed by atoms with Crippen LogP contribution < -0.4 is 20.3 Å². The molecular formula is C18H21N3O4. The van der Waals surface area contributed by atoms with Gasteiger partial charge in [-0.25, -0.2) is 0 Å². The molecule has 1 aromatic carbocycles. The molecule has 25 heavy (non-hydrogen) atoms. The van der Waals surface area contributed by atoms with Gasteiger partial charge in [-0.05, 0) is 51.1 Å². The van der Waals surface area contributed by atoms with Crippen molar-refractivity contribution in [1.82, 2.24) is 15.8 Å². The third kappa shape index (κ3) is 4.94. The molecule has 0 fully saturated rings. The molecule has 0 aliphatic carbocycles. The first kappa shape index (κ1) is 18.3. The number of hydrogen-bond acceptors (Lipinski definition) is 5. The van der Waals surface area contributed by atoms with Crippen molar-refractivity contribution in [1.29, 1.82) is 0 Å². The van der Waals surface area contributed by atoms with Crippen molar-refractivity contribution in [2.24, 2.45) is 0 Å². The van der Waals surface area contributed by atoms with Crippen LogP contribution in [0, 0.1) is 6.92 Å². The minimum absolute atomic E-state index is 0.0176. The van der Waals surface area contributed by atoms with Gasteiger partial charge in [0.1, 0.15) is 0 Å². The van der Waals surface area contributed by atoms with Crippen molar-refractivity contribution >= 4 is 11.8 Å². The van der Waals surface area contributed by atoms with E-state index in [9.17, 15) is 9.59 Å². The van der Waals surface area contributed by atoms with Crippen LogP contribution in [-0.4, -0.2) is 30.0 Å². The van der Waals surface area contributed by atoms with E-state index in [4.69, 9.17) is 9.47 Å². The lowest BCUT2D eigenvalue weighted by atomic mass is 10.2. The Labute approximate surface area is 146 Å². The fraction of sp³-hybridized carbons (Fsp3) is 0.278. The van der Waals surface area contributed by atoms with Crippen LogP contribution in [0.25, 0.3) is 0 Å². The Morgan fingerprint density at radius 1 is 1.00 bits per heavy atom. The predicted octanol–water partition coefficient (Wildman–Crippen LogP) is 2.26. The second kappa shape index (κ2) is 8.14. The summed E-state index contributed by atoms with van der Waals surface area (Å²) in [6.45, 7) is 5.62. The number of methoxy groups -OCH3 is 1. The fourth-order valence-corrected chi connectivity index (χ4v) is 2.02.